The molecule has 5 nitrogen and oxygen atoms in total. The second kappa shape index (κ2) is 7.85. The predicted molar refractivity (Wildman–Crippen MR) is 141 cm³/mol. The molecule has 1 aliphatic heterocycles. The van der Waals surface area contributed by atoms with Gasteiger partial charge in [-0.3, -0.25) is 9.59 Å². The zero-order valence-corrected chi connectivity index (χ0v) is 21.4. The Labute approximate surface area is 216 Å². The Morgan fingerprint density at radius 2 is 1.92 bits per heavy atom. The van der Waals surface area contributed by atoms with Gasteiger partial charge in [-0.25, -0.2) is 0 Å². The van der Waals surface area contributed by atoms with Crippen LogP contribution < -0.4 is 5.32 Å². The number of hydrogen-bond acceptors (Lipinski definition) is 2. The van der Waals surface area contributed by atoms with Crippen molar-refractivity contribution in [1.82, 2.24) is 15.2 Å². The van der Waals surface area contributed by atoms with Crippen LogP contribution in [0, 0.1) is 17.3 Å². The van der Waals surface area contributed by atoms with Crippen LogP contribution in [0.25, 0.3) is 10.9 Å². The summed E-state index contributed by atoms with van der Waals surface area (Å²) in [6.45, 7) is 2.86. The van der Waals surface area contributed by atoms with Gasteiger partial charge < -0.3 is 15.2 Å². The molecule has 2 aromatic carbocycles. The highest BCUT2D eigenvalue weighted by Crippen LogP contribution is 2.72. The van der Waals surface area contributed by atoms with Crippen molar-refractivity contribution in [3.63, 3.8) is 0 Å². The molecule has 3 aromatic rings. The average Bonchev–Trinajstić information content (AvgIpc) is 3.23. The smallest absolute Gasteiger partial charge is 0.251 e. The fourth-order valence-corrected chi connectivity index (χ4v) is 8.35. The molecule has 5 atom stereocenters. The van der Waals surface area contributed by atoms with Crippen LogP contribution in [0.3, 0.4) is 0 Å². The van der Waals surface area contributed by atoms with Gasteiger partial charge in [-0.2, -0.15) is 0 Å². The van der Waals surface area contributed by atoms with E-state index in [2.05, 4.69) is 35.4 Å². The predicted octanol–water partition coefficient (Wildman–Crippen LogP) is 5.58. The van der Waals surface area contributed by atoms with E-state index < -0.39 is 0 Å². The molecule has 3 fully saturated rings. The lowest BCUT2D eigenvalue weighted by atomic mass is 9.72. The maximum Gasteiger partial charge on any atom is 0.251 e. The number of H-pyrrole nitrogens is 1. The Morgan fingerprint density at radius 3 is 2.69 bits per heavy atom. The molecule has 6 heteroatoms. The second-order valence-corrected chi connectivity index (χ2v) is 12.3. The van der Waals surface area contributed by atoms with Crippen LogP contribution in [0.15, 0.2) is 48.5 Å². The van der Waals surface area contributed by atoms with Crippen LogP contribution in [0.1, 0.15) is 72.2 Å². The van der Waals surface area contributed by atoms with Crippen molar-refractivity contribution in [2.45, 2.75) is 57.0 Å². The Morgan fingerprint density at radius 1 is 1.11 bits per heavy atom. The number of nitrogens with zero attached hydrogens (tertiary/aromatic N) is 1. The third-order valence-corrected chi connectivity index (χ3v) is 9.75. The van der Waals surface area contributed by atoms with Crippen molar-refractivity contribution >= 4 is 34.3 Å². The second-order valence-electron chi connectivity index (χ2n) is 12.0. The van der Waals surface area contributed by atoms with Gasteiger partial charge in [-0.15, -0.1) is 11.6 Å². The molecular formula is C30H32ClN3O2. The molecule has 1 spiro atoms. The van der Waals surface area contributed by atoms with E-state index in [0.717, 1.165) is 47.9 Å². The summed E-state index contributed by atoms with van der Waals surface area (Å²) in [5, 5.41) is 4.61. The van der Waals surface area contributed by atoms with E-state index in [1.165, 1.54) is 30.2 Å². The highest BCUT2D eigenvalue weighted by molar-refractivity contribution is 6.27. The summed E-state index contributed by atoms with van der Waals surface area (Å²) in [5.74, 6) is 1.55. The van der Waals surface area contributed by atoms with E-state index in [-0.39, 0.29) is 29.3 Å². The third-order valence-electron chi connectivity index (χ3n) is 9.53. The first-order valence-corrected chi connectivity index (χ1v) is 13.8. The molecule has 36 heavy (non-hydrogen) atoms. The summed E-state index contributed by atoms with van der Waals surface area (Å²) in [5.41, 5.74) is 5.44. The van der Waals surface area contributed by atoms with E-state index >= 15 is 0 Å². The highest BCUT2D eigenvalue weighted by Gasteiger charge is 2.65. The number of amides is 2. The zero-order valence-electron chi connectivity index (χ0n) is 20.6. The lowest BCUT2D eigenvalue weighted by Gasteiger charge is -2.40. The van der Waals surface area contributed by atoms with Crippen LogP contribution in [0.4, 0.5) is 0 Å². The van der Waals surface area contributed by atoms with Gasteiger partial charge in [0.25, 0.3) is 5.91 Å². The number of nitrogens with one attached hydrogen (secondary N) is 2. The number of fused-ring (bicyclic) bond motifs is 4. The van der Waals surface area contributed by atoms with Crippen molar-refractivity contribution < 1.29 is 9.59 Å². The number of benzene rings is 2. The molecule has 2 bridgehead atoms. The van der Waals surface area contributed by atoms with Crippen LogP contribution >= 0.6 is 11.6 Å². The number of hydrogen-bond donors (Lipinski definition) is 2. The monoisotopic (exact) mass is 501 g/mol. The number of carbonyl (C=O) groups excluding carboxylic acids is 2. The number of alkyl halides is 1. The Bertz CT molecular complexity index is 1380. The fourth-order valence-electron chi connectivity index (χ4n) is 8.20. The fraction of sp³-hybridized carbons (Fsp3) is 0.467. The first-order valence-electron chi connectivity index (χ1n) is 13.3. The van der Waals surface area contributed by atoms with Gasteiger partial charge in [0.05, 0.1) is 6.04 Å². The van der Waals surface area contributed by atoms with Crippen LogP contribution in [0.5, 0.6) is 0 Å². The minimum absolute atomic E-state index is 0.00239. The van der Waals surface area contributed by atoms with E-state index in [4.69, 9.17) is 11.6 Å². The lowest BCUT2D eigenvalue weighted by molar-refractivity contribution is -0.130. The van der Waals surface area contributed by atoms with Crippen molar-refractivity contribution in [1.29, 1.82) is 0 Å². The summed E-state index contributed by atoms with van der Waals surface area (Å²) in [6, 6.07) is 15.8. The third kappa shape index (κ3) is 3.42. The molecule has 4 unspecified atom stereocenters. The minimum atomic E-state index is -0.248. The lowest BCUT2D eigenvalue weighted by Crippen LogP contribution is -2.50. The van der Waals surface area contributed by atoms with E-state index in [9.17, 15) is 9.59 Å². The van der Waals surface area contributed by atoms with Crippen molar-refractivity contribution in [3.05, 3.63) is 70.9 Å². The van der Waals surface area contributed by atoms with E-state index in [1.807, 2.05) is 35.2 Å². The Balaban J connectivity index is 1.17. The molecule has 2 heterocycles. The summed E-state index contributed by atoms with van der Waals surface area (Å²) >= 11 is 6.00. The van der Waals surface area contributed by atoms with Gasteiger partial charge in [-0.1, -0.05) is 30.3 Å². The Kier molecular flexibility index (Phi) is 4.89. The van der Waals surface area contributed by atoms with E-state index in [1.54, 1.807) is 0 Å². The number of rotatable bonds is 4. The Hall–Kier alpha value is -2.79. The van der Waals surface area contributed by atoms with Gasteiger partial charge in [-0.05, 0) is 92.0 Å². The first kappa shape index (κ1) is 22.4. The summed E-state index contributed by atoms with van der Waals surface area (Å²) in [6.07, 6.45) is 7.09. The molecule has 4 aliphatic rings. The molecular weight excluding hydrogens is 470 g/mol. The van der Waals surface area contributed by atoms with Gasteiger partial charge >= 0.3 is 0 Å². The molecule has 3 aliphatic carbocycles. The number of carbonyl (C=O) groups is 2. The quantitative estimate of drug-likeness (QED) is 0.458. The summed E-state index contributed by atoms with van der Waals surface area (Å²) in [4.78, 5) is 31.5. The van der Waals surface area contributed by atoms with E-state index in [0.29, 0.717) is 17.5 Å². The molecule has 1 aromatic heterocycles. The van der Waals surface area contributed by atoms with Crippen molar-refractivity contribution in [2.24, 2.45) is 17.3 Å². The SMILES string of the molecule is CC1(NC(=O)c2ccc([C@H]3c4[nH]c5ccccc5c4CCN3C(=O)CCl)cc2)CC2CC3CC3(C2)C1. The van der Waals surface area contributed by atoms with Crippen LogP contribution in [0.2, 0.25) is 0 Å². The molecule has 186 valence electrons. The molecule has 0 radical (unpaired) electrons. The molecule has 2 amide bonds. The standard InChI is InChI=1S/C30H32ClN3O2/c1-29(13-18-12-21-15-30(21,14-18)17-29)33-28(36)20-8-6-19(7-9-20)27-26-23(10-11-34(27)25(35)16-31)22-4-2-3-5-24(22)32-26/h2-9,18,21,27,32H,10-17H2,1H3,(H,33,36)/t18?,21?,27-,29?,30?/m0/s1. The van der Waals surface area contributed by atoms with Gasteiger partial charge in [0.15, 0.2) is 0 Å². The number of para-hydroxylation sites is 1. The highest BCUT2D eigenvalue weighted by atomic mass is 35.5. The maximum absolute atomic E-state index is 13.3. The maximum atomic E-state index is 13.3. The first-order chi connectivity index (χ1) is 17.4. The summed E-state index contributed by atoms with van der Waals surface area (Å²) in [7, 11) is 0. The van der Waals surface area contributed by atoms with Crippen molar-refractivity contribution in [2.75, 3.05) is 12.4 Å². The number of aromatic nitrogens is 1. The van der Waals surface area contributed by atoms with Gasteiger partial charge in [0.2, 0.25) is 5.91 Å². The normalized spacial score (nSPS) is 32.2. The zero-order chi connectivity index (χ0) is 24.7. The molecule has 0 saturated heterocycles. The summed E-state index contributed by atoms with van der Waals surface area (Å²) < 4.78 is 0. The average molecular weight is 502 g/mol. The molecule has 7 rings (SSSR count). The van der Waals surface area contributed by atoms with Crippen LogP contribution in [-0.4, -0.2) is 39.7 Å². The van der Waals surface area contributed by atoms with Crippen LogP contribution in [-0.2, 0) is 11.2 Å². The van der Waals surface area contributed by atoms with Gasteiger partial charge in [0.1, 0.15) is 5.88 Å². The van der Waals surface area contributed by atoms with Crippen molar-refractivity contribution in [3.8, 4) is 0 Å². The number of halogens is 1. The number of aromatic amines is 1. The van der Waals surface area contributed by atoms with Gasteiger partial charge in [0, 0.05) is 34.2 Å². The molecule has 3 saturated carbocycles. The topological polar surface area (TPSA) is 65.2 Å². The largest absolute Gasteiger partial charge is 0.356 e. The minimum Gasteiger partial charge on any atom is -0.356 e. The molecule has 2 N–H and O–H groups in total.